The number of amides is 1. The van der Waals surface area contributed by atoms with Gasteiger partial charge in [-0.15, -0.1) is 0 Å². The molecule has 0 unspecified atom stereocenters. The van der Waals surface area contributed by atoms with Gasteiger partial charge in [0.05, 0.1) is 31.8 Å². The van der Waals surface area contributed by atoms with Crippen LogP contribution in [0.25, 0.3) is 16.9 Å². The number of fused-ring (bicyclic) bond motifs is 1. The van der Waals surface area contributed by atoms with Gasteiger partial charge in [-0.1, -0.05) is 0 Å². The van der Waals surface area contributed by atoms with Gasteiger partial charge in [0, 0.05) is 16.1 Å². The van der Waals surface area contributed by atoms with Gasteiger partial charge in [0.25, 0.3) is 5.91 Å². The Hall–Kier alpha value is -3.74. The predicted octanol–water partition coefficient (Wildman–Crippen LogP) is 5.73. The Morgan fingerprint density at radius 2 is 1.77 bits per heavy atom. The largest absolute Gasteiger partial charge is 0.493 e. The molecule has 0 saturated heterocycles. The number of halogens is 6. The molecule has 2 heterocycles. The summed E-state index contributed by atoms with van der Waals surface area (Å²) in [6.45, 7) is 0. The summed E-state index contributed by atoms with van der Waals surface area (Å²) >= 11 is 2.94. The van der Waals surface area contributed by atoms with Crippen molar-refractivity contribution < 1.29 is 36.2 Å². The van der Waals surface area contributed by atoms with Crippen LogP contribution in [-0.4, -0.2) is 34.7 Å². The lowest BCUT2D eigenvalue weighted by atomic mass is 10.1. The standard InChI is InChI=1S/C22H14BrF5N4O3/c1-34-16-4-3-10(5-17(16)35-2)15-8-18(22(26,27)28)32-20(30-15)12(9-29-32)21(33)31-19-13(23)6-11(24)7-14(19)25/h3-9H,1-2H3,(H,31,33). The molecule has 35 heavy (non-hydrogen) atoms. The summed E-state index contributed by atoms with van der Waals surface area (Å²) in [6, 6.07) is 6.64. The molecule has 0 aliphatic carbocycles. The van der Waals surface area contributed by atoms with Gasteiger partial charge >= 0.3 is 6.18 Å². The second-order valence-electron chi connectivity index (χ2n) is 7.09. The molecule has 4 rings (SSSR count). The van der Waals surface area contributed by atoms with Crippen LogP contribution in [0.5, 0.6) is 11.5 Å². The van der Waals surface area contributed by atoms with Gasteiger partial charge in [-0.2, -0.15) is 18.3 Å². The fraction of sp³-hybridized carbons (Fsp3) is 0.136. The predicted molar refractivity (Wildman–Crippen MR) is 119 cm³/mol. The Bertz CT molecular complexity index is 1430. The van der Waals surface area contributed by atoms with E-state index in [1.165, 1.54) is 32.4 Å². The molecule has 2 aromatic heterocycles. The number of aromatic nitrogens is 3. The fourth-order valence-corrected chi connectivity index (χ4v) is 3.82. The van der Waals surface area contributed by atoms with Crippen molar-refractivity contribution in [2.45, 2.75) is 6.18 Å². The lowest BCUT2D eigenvalue weighted by Gasteiger charge is -2.13. The number of carbonyl (C=O) groups is 1. The van der Waals surface area contributed by atoms with E-state index in [9.17, 15) is 26.7 Å². The van der Waals surface area contributed by atoms with E-state index in [-0.39, 0.29) is 27.0 Å². The van der Waals surface area contributed by atoms with Gasteiger partial charge in [-0.3, -0.25) is 4.79 Å². The number of rotatable bonds is 5. The summed E-state index contributed by atoms with van der Waals surface area (Å²) in [4.78, 5) is 17.1. The summed E-state index contributed by atoms with van der Waals surface area (Å²) in [6.07, 6.45) is -3.97. The maximum absolute atomic E-state index is 14.2. The summed E-state index contributed by atoms with van der Waals surface area (Å²) in [5, 5.41) is 5.88. The fourth-order valence-electron chi connectivity index (χ4n) is 3.31. The number of benzene rings is 2. The van der Waals surface area contributed by atoms with Crippen molar-refractivity contribution in [3.8, 4) is 22.8 Å². The molecule has 4 aromatic rings. The molecule has 7 nitrogen and oxygen atoms in total. The average molecular weight is 557 g/mol. The maximum atomic E-state index is 14.2. The second-order valence-corrected chi connectivity index (χ2v) is 7.94. The molecule has 0 atom stereocenters. The second kappa shape index (κ2) is 9.13. The molecule has 0 spiro atoms. The van der Waals surface area contributed by atoms with E-state index in [2.05, 4.69) is 31.3 Å². The highest BCUT2D eigenvalue weighted by molar-refractivity contribution is 9.10. The topological polar surface area (TPSA) is 77.8 Å². The first-order valence-electron chi connectivity index (χ1n) is 9.67. The van der Waals surface area contributed by atoms with Crippen LogP contribution in [0.3, 0.4) is 0 Å². The Kier molecular flexibility index (Phi) is 6.36. The molecule has 1 amide bonds. The number of hydrogen-bond acceptors (Lipinski definition) is 5. The maximum Gasteiger partial charge on any atom is 0.433 e. The average Bonchev–Trinajstić information content (AvgIpc) is 3.23. The molecule has 0 radical (unpaired) electrons. The van der Waals surface area contributed by atoms with E-state index in [0.717, 1.165) is 18.3 Å². The SMILES string of the molecule is COc1ccc(-c2cc(C(F)(F)F)n3ncc(C(=O)Nc4c(F)cc(F)cc4Br)c3n2)cc1OC. The van der Waals surface area contributed by atoms with Crippen molar-refractivity contribution in [1.29, 1.82) is 0 Å². The smallest absolute Gasteiger partial charge is 0.433 e. The van der Waals surface area contributed by atoms with Crippen molar-refractivity contribution in [3.05, 3.63) is 70.0 Å². The molecule has 182 valence electrons. The third-order valence-electron chi connectivity index (χ3n) is 4.93. The zero-order valence-electron chi connectivity index (χ0n) is 17.9. The van der Waals surface area contributed by atoms with Crippen molar-refractivity contribution >= 4 is 33.2 Å². The Balaban J connectivity index is 1.86. The summed E-state index contributed by atoms with van der Waals surface area (Å²) in [5.74, 6) is -2.37. The Morgan fingerprint density at radius 3 is 2.40 bits per heavy atom. The number of anilines is 1. The quantitative estimate of drug-likeness (QED) is 0.318. The third kappa shape index (κ3) is 4.63. The van der Waals surface area contributed by atoms with Gasteiger partial charge in [-0.05, 0) is 46.3 Å². The molecule has 0 saturated carbocycles. The first-order chi connectivity index (χ1) is 16.5. The van der Waals surface area contributed by atoms with Gasteiger partial charge in [0.15, 0.2) is 28.7 Å². The van der Waals surface area contributed by atoms with Crippen LogP contribution >= 0.6 is 15.9 Å². The van der Waals surface area contributed by atoms with Crippen molar-refractivity contribution in [2.75, 3.05) is 19.5 Å². The number of nitrogens with one attached hydrogen (secondary N) is 1. The number of nitrogens with zero attached hydrogens (tertiary/aromatic N) is 3. The van der Waals surface area contributed by atoms with Gasteiger partial charge < -0.3 is 14.8 Å². The molecule has 0 aliphatic rings. The summed E-state index contributed by atoms with van der Waals surface area (Å²) < 4.78 is 79.8. The van der Waals surface area contributed by atoms with Crippen LogP contribution in [0.15, 0.2) is 47.1 Å². The minimum Gasteiger partial charge on any atom is -0.493 e. The molecule has 0 aliphatic heterocycles. The lowest BCUT2D eigenvalue weighted by molar-refractivity contribution is -0.142. The van der Waals surface area contributed by atoms with Crippen LogP contribution in [0.4, 0.5) is 27.6 Å². The molecule has 0 fully saturated rings. The summed E-state index contributed by atoms with van der Waals surface area (Å²) in [7, 11) is 2.77. The van der Waals surface area contributed by atoms with Crippen LogP contribution in [0, 0.1) is 11.6 Å². The van der Waals surface area contributed by atoms with Crippen molar-refractivity contribution in [2.24, 2.45) is 0 Å². The first-order valence-corrected chi connectivity index (χ1v) is 10.5. The van der Waals surface area contributed by atoms with Crippen molar-refractivity contribution in [1.82, 2.24) is 14.6 Å². The molecule has 0 bridgehead atoms. The first kappa shape index (κ1) is 24.4. The molecule has 1 N–H and O–H groups in total. The minimum atomic E-state index is -4.85. The number of alkyl halides is 3. The van der Waals surface area contributed by atoms with Gasteiger partial charge in [0.2, 0.25) is 0 Å². The highest BCUT2D eigenvalue weighted by atomic mass is 79.9. The normalized spacial score (nSPS) is 11.5. The summed E-state index contributed by atoms with van der Waals surface area (Å²) in [5.41, 5.74) is -2.28. The van der Waals surface area contributed by atoms with Crippen LogP contribution in [0.2, 0.25) is 0 Å². The van der Waals surface area contributed by atoms with E-state index < -0.39 is 40.7 Å². The van der Waals surface area contributed by atoms with Crippen LogP contribution in [-0.2, 0) is 6.18 Å². The highest BCUT2D eigenvalue weighted by Crippen LogP contribution is 2.36. The van der Waals surface area contributed by atoms with E-state index in [1.807, 2.05) is 0 Å². The van der Waals surface area contributed by atoms with E-state index in [0.29, 0.717) is 16.3 Å². The van der Waals surface area contributed by atoms with E-state index >= 15 is 0 Å². The zero-order chi connectivity index (χ0) is 25.5. The molecular formula is C22H14BrF5N4O3. The van der Waals surface area contributed by atoms with Gasteiger partial charge in [-0.25, -0.2) is 18.3 Å². The zero-order valence-corrected chi connectivity index (χ0v) is 19.5. The van der Waals surface area contributed by atoms with Crippen molar-refractivity contribution in [3.63, 3.8) is 0 Å². The van der Waals surface area contributed by atoms with Crippen LogP contribution in [0.1, 0.15) is 16.1 Å². The molecular weight excluding hydrogens is 543 g/mol. The lowest BCUT2D eigenvalue weighted by Crippen LogP contribution is -2.16. The molecule has 2 aromatic carbocycles. The highest BCUT2D eigenvalue weighted by Gasteiger charge is 2.36. The van der Waals surface area contributed by atoms with E-state index in [4.69, 9.17) is 9.47 Å². The monoisotopic (exact) mass is 556 g/mol. The number of carbonyl (C=O) groups excluding carboxylic acids is 1. The Labute approximate surface area is 202 Å². The number of hydrogen-bond donors (Lipinski definition) is 1. The van der Waals surface area contributed by atoms with Gasteiger partial charge in [0.1, 0.15) is 11.4 Å². The molecule has 13 heteroatoms. The third-order valence-corrected chi connectivity index (χ3v) is 5.56. The number of ether oxygens (including phenoxy) is 2. The minimum absolute atomic E-state index is 0.102. The van der Waals surface area contributed by atoms with E-state index in [1.54, 1.807) is 0 Å². The Morgan fingerprint density at radius 1 is 1.06 bits per heavy atom. The van der Waals surface area contributed by atoms with Crippen LogP contribution < -0.4 is 14.8 Å². The number of methoxy groups -OCH3 is 2.